The van der Waals surface area contributed by atoms with Crippen LogP contribution in [0.2, 0.25) is 0 Å². The largest absolute Gasteiger partial charge is 0.458 e. The predicted octanol–water partition coefficient (Wildman–Crippen LogP) is 2.39. The van der Waals surface area contributed by atoms with Gasteiger partial charge in [0.25, 0.3) is 0 Å². The van der Waals surface area contributed by atoms with E-state index in [9.17, 15) is 9.59 Å². The molecule has 2 aliphatic carbocycles. The molecule has 3 rings (SSSR count). The second-order valence-corrected chi connectivity index (χ2v) is 6.13. The molecule has 108 valence electrons. The molecule has 3 aliphatic rings. The van der Waals surface area contributed by atoms with Crippen molar-refractivity contribution in [3.63, 3.8) is 0 Å². The fraction of sp³-hybridized carbons (Fsp3) is 0.625. The molecule has 0 bridgehead atoms. The molecule has 4 heteroatoms. The van der Waals surface area contributed by atoms with Gasteiger partial charge in [-0.1, -0.05) is 19.6 Å². The van der Waals surface area contributed by atoms with Crippen LogP contribution in [0.5, 0.6) is 0 Å². The van der Waals surface area contributed by atoms with E-state index in [0.29, 0.717) is 11.5 Å². The lowest BCUT2D eigenvalue weighted by atomic mass is 9.82. The van der Waals surface area contributed by atoms with Gasteiger partial charge < -0.3 is 9.47 Å². The number of hydrogen-bond donors (Lipinski definition) is 0. The van der Waals surface area contributed by atoms with Gasteiger partial charge in [0, 0.05) is 24.3 Å². The molecular weight excluding hydrogens is 256 g/mol. The van der Waals surface area contributed by atoms with Crippen molar-refractivity contribution in [2.24, 2.45) is 17.8 Å². The van der Waals surface area contributed by atoms with Crippen LogP contribution in [0.1, 0.15) is 32.6 Å². The predicted molar refractivity (Wildman–Crippen MR) is 72.7 cm³/mol. The topological polar surface area (TPSA) is 52.6 Å². The monoisotopic (exact) mass is 276 g/mol. The summed E-state index contributed by atoms with van der Waals surface area (Å²) in [5, 5.41) is 0. The Morgan fingerprint density at radius 1 is 1.35 bits per heavy atom. The van der Waals surface area contributed by atoms with Gasteiger partial charge in [0.05, 0.1) is 0 Å². The van der Waals surface area contributed by atoms with E-state index in [0.717, 1.165) is 31.3 Å². The maximum atomic E-state index is 11.8. The Morgan fingerprint density at radius 3 is 2.80 bits per heavy atom. The number of fused-ring (bicyclic) bond motifs is 3. The molecule has 1 heterocycles. The molecule has 20 heavy (non-hydrogen) atoms. The highest BCUT2D eigenvalue weighted by Gasteiger charge is 2.52. The van der Waals surface area contributed by atoms with Gasteiger partial charge in [-0.05, 0) is 30.8 Å². The lowest BCUT2D eigenvalue weighted by Crippen LogP contribution is -2.29. The second-order valence-electron chi connectivity index (χ2n) is 6.13. The number of rotatable bonds is 1. The molecule has 2 saturated carbocycles. The van der Waals surface area contributed by atoms with E-state index >= 15 is 0 Å². The molecule has 0 N–H and O–H groups in total. The average molecular weight is 276 g/mol. The first-order chi connectivity index (χ1) is 9.49. The van der Waals surface area contributed by atoms with Crippen molar-refractivity contribution in [3.8, 4) is 0 Å². The van der Waals surface area contributed by atoms with Crippen LogP contribution in [0.15, 0.2) is 24.3 Å². The molecular formula is C16H20O4. The molecule has 4 nitrogen and oxygen atoms in total. The highest BCUT2D eigenvalue weighted by molar-refractivity contribution is 5.90. The van der Waals surface area contributed by atoms with E-state index in [2.05, 4.69) is 13.2 Å². The van der Waals surface area contributed by atoms with Crippen LogP contribution in [0.3, 0.4) is 0 Å². The summed E-state index contributed by atoms with van der Waals surface area (Å²) >= 11 is 0. The summed E-state index contributed by atoms with van der Waals surface area (Å²) in [6.45, 7) is 9.42. The van der Waals surface area contributed by atoms with Gasteiger partial charge >= 0.3 is 11.9 Å². The Labute approximate surface area is 118 Å². The van der Waals surface area contributed by atoms with Crippen molar-refractivity contribution in [2.75, 3.05) is 0 Å². The Kier molecular flexibility index (Phi) is 3.19. The Balaban J connectivity index is 1.86. The maximum absolute atomic E-state index is 11.8. The molecule has 0 radical (unpaired) electrons. The van der Waals surface area contributed by atoms with Gasteiger partial charge in [-0.15, -0.1) is 0 Å². The summed E-state index contributed by atoms with van der Waals surface area (Å²) in [5.41, 5.74) is 1.50. The van der Waals surface area contributed by atoms with Crippen molar-refractivity contribution in [1.29, 1.82) is 0 Å². The van der Waals surface area contributed by atoms with E-state index in [-0.39, 0.29) is 36.0 Å². The standard InChI is InChI=1S/C16H20O4/c1-8-12-6-4-5-11-7-13(19-10(3)17)9(2)14(11)15(12)20-16(8)18/h11-15H,1-2,4-7H2,3H3. The summed E-state index contributed by atoms with van der Waals surface area (Å²) in [6, 6.07) is 0. The van der Waals surface area contributed by atoms with Crippen LogP contribution in [-0.4, -0.2) is 24.1 Å². The van der Waals surface area contributed by atoms with Gasteiger partial charge in [-0.2, -0.15) is 0 Å². The maximum Gasteiger partial charge on any atom is 0.334 e. The number of esters is 2. The smallest absolute Gasteiger partial charge is 0.334 e. The molecule has 5 unspecified atom stereocenters. The minimum Gasteiger partial charge on any atom is -0.458 e. The van der Waals surface area contributed by atoms with Crippen LogP contribution in [0.25, 0.3) is 0 Å². The first-order valence-corrected chi connectivity index (χ1v) is 7.24. The molecule has 0 aromatic carbocycles. The van der Waals surface area contributed by atoms with Gasteiger partial charge in [-0.25, -0.2) is 4.79 Å². The molecule has 3 fully saturated rings. The fourth-order valence-electron chi connectivity index (χ4n) is 4.08. The van der Waals surface area contributed by atoms with Crippen molar-refractivity contribution in [2.45, 2.75) is 44.8 Å². The van der Waals surface area contributed by atoms with Crippen LogP contribution in [-0.2, 0) is 19.1 Å². The number of carbonyl (C=O) groups is 2. The lowest BCUT2D eigenvalue weighted by molar-refractivity contribution is -0.145. The Hall–Kier alpha value is -1.58. The quantitative estimate of drug-likeness (QED) is 0.419. The van der Waals surface area contributed by atoms with E-state index in [1.807, 2.05) is 0 Å². The number of ether oxygens (including phenoxy) is 2. The van der Waals surface area contributed by atoms with Crippen LogP contribution < -0.4 is 0 Å². The summed E-state index contributed by atoms with van der Waals surface area (Å²) in [5.74, 6) is 0.0438. The van der Waals surface area contributed by atoms with E-state index in [1.54, 1.807) is 0 Å². The van der Waals surface area contributed by atoms with Crippen LogP contribution >= 0.6 is 0 Å². The van der Waals surface area contributed by atoms with E-state index in [4.69, 9.17) is 9.47 Å². The molecule has 0 aromatic rings. The van der Waals surface area contributed by atoms with Crippen molar-refractivity contribution in [1.82, 2.24) is 0 Å². The summed E-state index contributed by atoms with van der Waals surface area (Å²) in [4.78, 5) is 23.0. The molecule has 1 saturated heterocycles. The third-order valence-electron chi connectivity index (χ3n) is 4.97. The lowest BCUT2D eigenvalue weighted by Gasteiger charge is -2.25. The third kappa shape index (κ3) is 1.98. The van der Waals surface area contributed by atoms with Gasteiger partial charge in [0.1, 0.15) is 12.2 Å². The van der Waals surface area contributed by atoms with Crippen molar-refractivity contribution >= 4 is 11.9 Å². The minimum absolute atomic E-state index is 0.102. The highest BCUT2D eigenvalue weighted by Crippen LogP contribution is 2.51. The van der Waals surface area contributed by atoms with Gasteiger partial charge in [0.15, 0.2) is 0 Å². The third-order valence-corrected chi connectivity index (χ3v) is 4.97. The fourth-order valence-corrected chi connectivity index (χ4v) is 4.08. The normalized spacial score (nSPS) is 39.9. The average Bonchev–Trinajstić information content (AvgIpc) is 2.74. The van der Waals surface area contributed by atoms with Crippen LogP contribution in [0.4, 0.5) is 0 Å². The van der Waals surface area contributed by atoms with Crippen molar-refractivity contribution < 1.29 is 19.1 Å². The van der Waals surface area contributed by atoms with E-state index < -0.39 is 0 Å². The summed E-state index contributed by atoms with van der Waals surface area (Å²) < 4.78 is 10.9. The zero-order valence-corrected chi connectivity index (χ0v) is 11.8. The SMILES string of the molecule is C=C1C(=O)OC2C1CCCC1CC(OC(C)=O)C(=C)C12. The van der Waals surface area contributed by atoms with E-state index in [1.165, 1.54) is 6.92 Å². The van der Waals surface area contributed by atoms with Gasteiger partial charge in [0.2, 0.25) is 0 Å². The first-order valence-electron chi connectivity index (χ1n) is 7.24. The van der Waals surface area contributed by atoms with Gasteiger partial charge in [-0.3, -0.25) is 4.79 Å². The minimum atomic E-state index is -0.281. The molecule has 1 aliphatic heterocycles. The molecule has 0 amide bonds. The van der Waals surface area contributed by atoms with Crippen molar-refractivity contribution in [3.05, 3.63) is 24.3 Å². The summed E-state index contributed by atoms with van der Waals surface area (Å²) in [7, 11) is 0. The first kappa shape index (κ1) is 13.4. The highest BCUT2D eigenvalue weighted by atomic mass is 16.6. The zero-order chi connectivity index (χ0) is 14.4. The van der Waals surface area contributed by atoms with Crippen LogP contribution in [0, 0.1) is 17.8 Å². The second kappa shape index (κ2) is 4.76. The Bertz CT molecular complexity index is 493. The summed E-state index contributed by atoms with van der Waals surface area (Å²) in [6.07, 6.45) is 3.49. The Morgan fingerprint density at radius 2 is 2.10 bits per heavy atom. The molecule has 0 spiro atoms. The molecule has 0 aromatic heterocycles. The molecule has 5 atom stereocenters. The number of carbonyl (C=O) groups excluding carboxylic acids is 2. The zero-order valence-electron chi connectivity index (χ0n) is 11.8. The number of hydrogen-bond acceptors (Lipinski definition) is 4.